The smallest absolute Gasteiger partial charge is 0.416 e. The summed E-state index contributed by atoms with van der Waals surface area (Å²) in [6.07, 6.45) is -3.99. The SMILES string of the molecule is Cc1cc(OCC(C)COc2ccc(C(F)(F)F)cc2Oc2ccccc2)ccc1CCC(=O)O. The van der Waals surface area contributed by atoms with Crippen molar-refractivity contribution >= 4 is 5.97 Å². The predicted octanol–water partition coefficient (Wildman–Crippen LogP) is 6.92. The van der Waals surface area contributed by atoms with Gasteiger partial charge in [-0.3, -0.25) is 4.79 Å². The molecular weight excluding hydrogens is 461 g/mol. The fourth-order valence-corrected chi connectivity index (χ4v) is 3.30. The van der Waals surface area contributed by atoms with Gasteiger partial charge in [0.1, 0.15) is 11.5 Å². The first-order valence-electron chi connectivity index (χ1n) is 11.1. The number of carboxylic acid groups (broad SMARTS) is 1. The van der Waals surface area contributed by atoms with Crippen LogP contribution in [0.1, 0.15) is 30.0 Å². The highest BCUT2D eigenvalue weighted by Crippen LogP contribution is 2.38. The summed E-state index contributed by atoms with van der Waals surface area (Å²) in [6, 6.07) is 17.2. The molecule has 0 amide bonds. The van der Waals surface area contributed by atoms with Crippen molar-refractivity contribution in [3.8, 4) is 23.0 Å². The maximum atomic E-state index is 13.2. The number of hydrogen-bond donors (Lipinski definition) is 1. The third-order valence-electron chi connectivity index (χ3n) is 5.22. The zero-order valence-electron chi connectivity index (χ0n) is 19.5. The van der Waals surface area contributed by atoms with Crippen molar-refractivity contribution in [3.05, 3.63) is 83.4 Å². The van der Waals surface area contributed by atoms with Crippen LogP contribution >= 0.6 is 0 Å². The minimum absolute atomic E-state index is 0.0216. The summed E-state index contributed by atoms with van der Waals surface area (Å²) in [5.74, 6) is 0.308. The van der Waals surface area contributed by atoms with Crippen molar-refractivity contribution in [1.82, 2.24) is 0 Å². The lowest BCUT2D eigenvalue weighted by Gasteiger charge is -2.18. The lowest BCUT2D eigenvalue weighted by molar-refractivity contribution is -0.138. The number of benzene rings is 3. The molecule has 35 heavy (non-hydrogen) atoms. The van der Waals surface area contributed by atoms with Gasteiger partial charge in [-0.05, 0) is 66.9 Å². The summed E-state index contributed by atoms with van der Waals surface area (Å²) in [5.41, 5.74) is 1.07. The Morgan fingerprint density at radius 2 is 1.63 bits per heavy atom. The Morgan fingerprint density at radius 3 is 2.29 bits per heavy atom. The molecule has 1 unspecified atom stereocenters. The second-order valence-electron chi connectivity index (χ2n) is 8.28. The molecule has 0 aliphatic rings. The highest BCUT2D eigenvalue weighted by atomic mass is 19.4. The second kappa shape index (κ2) is 11.6. The van der Waals surface area contributed by atoms with E-state index in [4.69, 9.17) is 19.3 Å². The normalized spacial score (nSPS) is 12.1. The van der Waals surface area contributed by atoms with E-state index in [1.807, 2.05) is 26.0 Å². The van der Waals surface area contributed by atoms with Crippen molar-refractivity contribution in [2.24, 2.45) is 5.92 Å². The highest BCUT2D eigenvalue weighted by molar-refractivity contribution is 5.67. The molecule has 0 aliphatic carbocycles. The Hall–Kier alpha value is -3.68. The summed E-state index contributed by atoms with van der Waals surface area (Å²) < 4.78 is 56.9. The minimum Gasteiger partial charge on any atom is -0.493 e. The Morgan fingerprint density at radius 1 is 0.914 bits per heavy atom. The van der Waals surface area contributed by atoms with Gasteiger partial charge in [0.05, 0.1) is 18.8 Å². The van der Waals surface area contributed by atoms with E-state index in [1.54, 1.807) is 36.4 Å². The fraction of sp³-hybridized carbons (Fsp3) is 0.296. The molecule has 186 valence electrons. The average Bonchev–Trinajstić information content (AvgIpc) is 2.81. The van der Waals surface area contributed by atoms with E-state index in [2.05, 4.69) is 0 Å². The van der Waals surface area contributed by atoms with Crippen molar-refractivity contribution in [2.75, 3.05) is 13.2 Å². The third kappa shape index (κ3) is 7.95. The molecule has 1 N–H and O–H groups in total. The Balaban J connectivity index is 1.61. The van der Waals surface area contributed by atoms with E-state index in [0.29, 0.717) is 24.5 Å². The summed E-state index contributed by atoms with van der Waals surface area (Å²) in [7, 11) is 0. The van der Waals surface area contributed by atoms with Crippen LogP contribution in [0.25, 0.3) is 0 Å². The van der Waals surface area contributed by atoms with Crippen LogP contribution in [-0.4, -0.2) is 24.3 Å². The van der Waals surface area contributed by atoms with Gasteiger partial charge in [-0.15, -0.1) is 0 Å². The summed E-state index contributed by atoms with van der Waals surface area (Å²) in [6.45, 7) is 4.32. The van der Waals surface area contributed by atoms with Crippen LogP contribution in [-0.2, 0) is 17.4 Å². The first kappa shape index (κ1) is 25.9. The zero-order chi connectivity index (χ0) is 25.4. The summed E-state index contributed by atoms with van der Waals surface area (Å²) >= 11 is 0. The number of alkyl halides is 3. The van der Waals surface area contributed by atoms with Gasteiger partial charge in [0.25, 0.3) is 0 Å². The summed E-state index contributed by atoms with van der Waals surface area (Å²) in [5, 5.41) is 8.84. The Bertz CT molecular complexity index is 1130. The molecule has 8 heteroatoms. The Kier molecular flexibility index (Phi) is 8.63. The molecule has 0 heterocycles. The van der Waals surface area contributed by atoms with E-state index >= 15 is 0 Å². The van der Waals surface area contributed by atoms with Gasteiger partial charge in [-0.1, -0.05) is 31.2 Å². The average molecular weight is 489 g/mol. The largest absolute Gasteiger partial charge is 0.493 e. The van der Waals surface area contributed by atoms with E-state index in [9.17, 15) is 18.0 Å². The molecule has 0 spiro atoms. The number of rotatable bonds is 11. The first-order chi connectivity index (χ1) is 16.6. The van der Waals surface area contributed by atoms with Crippen LogP contribution in [0.3, 0.4) is 0 Å². The number of aryl methyl sites for hydroxylation is 2. The number of aliphatic carboxylic acids is 1. The van der Waals surface area contributed by atoms with Crippen molar-refractivity contribution in [1.29, 1.82) is 0 Å². The van der Waals surface area contributed by atoms with Crippen LogP contribution in [0.5, 0.6) is 23.0 Å². The highest BCUT2D eigenvalue weighted by Gasteiger charge is 2.31. The number of halogens is 3. The Labute approximate surface area is 202 Å². The van der Waals surface area contributed by atoms with Gasteiger partial charge in [0, 0.05) is 12.3 Å². The van der Waals surface area contributed by atoms with E-state index in [-0.39, 0.29) is 30.4 Å². The number of carbonyl (C=O) groups is 1. The fourth-order valence-electron chi connectivity index (χ4n) is 3.30. The van der Waals surface area contributed by atoms with Crippen molar-refractivity contribution in [2.45, 2.75) is 32.9 Å². The standard InChI is InChI=1S/C27H27F3O5/c1-18(16-33-23-11-8-20(19(2)14-23)9-13-26(31)32)17-34-24-12-10-21(27(28,29)30)15-25(24)35-22-6-4-3-5-7-22/h3-8,10-12,14-15,18H,9,13,16-17H2,1-2H3,(H,31,32). The number of hydrogen-bond acceptors (Lipinski definition) is 4. The van der Waals surface area contributed by atoms with Crippen LogP contribution in [0.15, 0.2) is 66.7 Å². The maximum Gasteiger partial charge on any atom is 0.416 e. The van der Waals surface area contributed by atoms with Crippen molar-refractivity contribution in [3.63, 3.8) is 0 Å². The molecule has 3 rings (SSSR count). The first-order valence-corrected chi connectivity index (χ1v) is 11.1. The van der Waals surface area contributed by atoms with Gasteiger partial charge in [0.2, 0.25) is 0 Å². The van der Waals surface area contributed by atoms with E-state index in [1.165, 1.54) is 6.07 Å². The van der Waals surface area contributed by atoms with Crippen LogP contribution < -0.4 is 14.2 Å². The zero-order valence-corrected chi connectivity index (χ0v) is 19.5. The van der Waals surface area contributed by atoms with Crippen LogP contribution in [0.4, 0.5) is 13.2 Å². The lowest BCUT2D eigenvalue weighted by atomic mass is 10.0. The van der Waals surface area contributed by atoms with Crippen molar-refractivity contribution < 1.29 is 37.3 Å². The lowest BCUT2D eigenvalue weighted by Crippen LogP contribution is -2.17. The topological polar surface area (TPSA) is 65.0 Å². The molecule has 3 aromatic carbocycles. The third-order valence-corrected chi connectivity index (χ3v) is 5.22. The molecule has 0 saturated heterocycles. The van der Waals surface area contributed by atoms with Gasteiger partial charge < -0.3 is 19.3 Å². The van der Waals surface area contributed by atoms with Gasteiger partial charge in [-0.2, -0.15) is 13.2 Å². The number of carboxylic acids is 1. The molecule has 0 saturated carbocycles. The maximum absolute atomic E-state index is 13.2. The summed E-state index contributed by atoms with van der Waals surface area (Å²) in [4.78, 5) is 10.8. The molecule has 0 bridgehead atoms. The molecule has 5 nitrogen and oxygen atoms in total. The number of para-hydroxylation sites is 1. The van der Waals surface area contributed by atoms with E-state index in [0.717, 1.165) is 23.3 Å². The molecule has 0 fully saturated rings. The molecular formula is C27H27F3O5. The second-order valence-corrected chi connectivity index (χ2v) is 8.28. The minimum atomic E-state index is -4.50. The monoisotopic (exact) mass is 488 g/mol. The van der Waals surface area contributed by atoms with Gasteiger partial charge >= 0.3 is 12.1 Å². The molecule has 3 aromatic rings. The van der Waals surface area contributed by atoms with Crippen LogP contribution in [0.2, 0.25) is 0 Å². The van der Waals surface area contributed by atoms with Gasteiger partial charge in [-0.25, -0.2) is 0 Å². The van der Waals surface area contributed by atoms with Crippen LogP contribution in [0, 0.1) is 12.8 Å². The number of ether oxygens (including phenoxy) is 3. The predicted molar refractivity (Wildman–Crippen MR) is 125 cm³/mol. The quantitative estimate of drug-likeness (QED) is 0.317. The van der Waals surface area contributed by atoms with Gasteiger partial charge in [0.15, 0.2) is 11.5 Å². The molecule has 1 atom stereocenters. The molecule has 0 aliphatic heterocycles. The molecule has 0 aromatic heterocycles. The molecule has 0 radical (unpaired) electrons. The van der Waals surface area contributed by atoms with E-state index < -0.39 is 17.7 Å².